The molecule has 2 aromatic heterocycles. The van der Waals surface area contributed by atoms with Gasteiger partial charge in [0.1, 0.15) is 28.8 Å². The van der Waals surface area contributed by atoms with E-state index in [0.29, 0.717) is 54.3 Å². The fourth-order valence-corrected chi connectivity index (χ4v) is 8.83. The van der Waals surface area contributed by atoms with Crippen LogP contribution in [-0.4, -0.2) is 136 Å². The molecule has 0 aliphatic carbocycles. The van der Waals surface area contributed by atoms with Crippen LogP contribution in [0.2, 0.25) is 0 Å². The number of fused-ring (bicyclic) bond motifs is 2. The lowest BCUT2D eigenvalue weighted by Crippen LogP contribution is -2.47. The van der Waals surface area contributed by atoms with Crippen LogP contribution in [0.25, 0.3) is 10.9 Å². The van der Waals surface area contributed by atoms with Gasteiger partial charge < -0.3 is 35.4 Å². The van der Waals surface area contributed by atoms with Gasteiger partial charge in [-0.25, -0.2) is 18.4 Å². The number of aliphatic carboxylic acids is 1. The van der Waals surface area contributed by atoms with E-state index in [1.807, 2.05) is 26.0 Å². The Morgan fingerprint density at radius 3 is 2.40 bits per heavy atom. The van der Waals surface area contributed by atoms with Gasteiger partial charge in [-0.05, 0) is 83.6 Å². The Morgan fingerprint density at radius 2 is 1.73 bits per heavy atom. The molecule has 17 nitrogen and oxygen atoms in total. The molecule has 0 bridgehead atoms. The number of carboxylic acids is 1. The Kier molecular flexibility index (Phi) is 14.1. The Bertz CT molecular complexity index is 2300. The first-order valence-electron chi connectivity index (χ1n) is 20.4. The van der Waals surface area contributed by atoms with Crippen LogP contribution in [0.5, 0.6) is 5.75 Å². The summed E-state index contributed by atoms with van der Waals surface area (Å²) in [7, 11) is -3.79. The quantitative estimate of drug-likeness (QED) is 0.0923. The number of hydrogen-bond donors (Lipinski definition) is 4. The van der Waals surface area contributed by atoms with E-state index in [-0.39, 0.29) is 35.9 Å². The number of hydrogen-bond acceptors (Lipinski definition) is 13. The van der Waals surface area contributed by atoms with Crippen LogP contribution in [0.4, 0.5) is 11.6 Å². The van der Waals surface area contributed by atoms with Gasteiger partial charge in [-0.3, -0.25) is 24.4 Å². The fraction of sp³-hybridized carbons (Fsp3) is 0.524. The zero-order chi connectivity index (χ0) is 43.2. The monoisotopic (exact) mass is 847 g/mol. The summed E-state index contributed by atoms with van der Waals surface area (Å²) in [5.41, 5.74) is 10.4. The number of piperazine rings is 1. The number of anilines is 2. The molecule has 1 saturated heterocycles. The van der Waals surface area contributed by atoms with Gasteiger partial charge in [-0.1, -0.05) is 12.1 Å². The molecule has 1 atom stereocenters. The summed E-state index contributed by atoms with van der Waals surface area (Å²) in [6, 6.07) is 7.86. The topological polar surface area (TPSA) is 226 Å². The molecule has 0 radical (unpaired) electrons. The summed E-state index contributed by atoms with van der Waals surface area (Å²) in [6.45, 7) is 15.9. The molecule has 4 aromatic rings. The molecule has 2 aromatic carbocycles. The van der Waals surface area contributed by atoms with Gasteiger partial charge in [0.2, 0.25) is 5.91 Å². The minimum Gasteiger partial charge on any atom is -0.492 e. The first-order chi connectivity index (χ1) is 28.5. The minimum atomic E-state index is -3.79. The number of aromatic nitrogens is 4. The molecule has 1 fully saturated rings. The van der Waals surface area contributed by atoms with Gasteiger partial charge in [-0.2, -0.15) is 5.10 Å². The van der Waals surface area contributed by atoms with Crippen molar-refractivity contribution in [3.8, 4) is 5.75 Å². The average molecular weight is 848 g/mol. The van der Waals surface area contributed by atoms with Crippen molar-refractivity contribution in [1.82, 2.24) is 34.9 Å². The lowest BCUT2D eigenvalue weighted by molar-refractivity contribution is -0.137. The van der Waals surface area contributed by atoms with E-state index >= 15 is 0 Å². The standard InChI is InChI=1S/C42H57N9O8S/c1-27-28(2)47-48-39(27)46-40-31-23-36(60(56,57)42(3,4)5)35(24-33(31)44-26-45-40)59-21-8-14-49-15-17-50(18-16-49)19-22-58-20-7-10-29-9-6-11-30-32(29)25-51(41(30)55)34(38(43)54)12-13-37(52)53/h6,9,11,23-24,26,34H,7-8,10,12-22,25H2,1-5H3,(H2,43,54)(H,52,53)(H2,44,45,46,47,48). The number of carbonyl (C=O) groups is 3. The fourth-order valence-electron chi connectivity index (χ4n) is 7.52. The third-order valence-electron chi connectivity index (χ3n) is 11.3. The largest absolute Gasteiger partial charge is 0.492 e. The molecule has 18 heteroatoms. The van der Waals surface area contributed by atoms with Gasteiger partial charge in [-0.15, -0.1) is 0 Å². The minimum absolute atomic E-state index is 0.0240. The van der Waals surface area contributed by atoms with E-state index in [9.17, 15) is 22.8 Å². The maximum Gasteiger partial charge on any atom is 0.303 e. The number of rotatable bonds is 20. The Hall–Kier alpha value is -5.17. The highest BCUT2D eigenvalue weighted by Gasteiger charge is 2.37. The van der Waals surface area contributed by atoms with Crippen molar-refractivity contribution in [1.29, 1.82) is 0 Å². The number of ether oxygens (including phenoxy) is 2. The van der Waals surface area contributed by atoms with Crippen LogP contribution in [0, 0.1) is 13.8 Å². The predicted molar refractivity (Wildman–Crippen MR) is 226 cm³/mol. The van der Waals surface area contributed by atoms with Gasteiger partial charge in [0.15, 0.2) is 15.7 Å². The number of H-pyrrole nitrogens is 1. The van der Waals surface area contributed by atoms with E-state index in [1.165, 1.54) is 11.2 Å². The zero-order valence-corrected chi connectivity index (χ0v) is 35.9. The number of benzene rings is 2. The summed E-state index contributed by atoms with van der Waals surface area (Å²) in [5.74, 6) is -0.725. The maximum atomic E-state index is 13.8. The summed E-state index contributed by atoms with van der Waals surface area (Å²) in [6.07, 6.45) is 3.35. The number of nitrogens with one attached hydrogen (secondary N) is 2. The van der Waals surface area contributed by atoms with Crippen LogP contribution in [0.3, 0.4) is 0 Å². The Morgan fingerprint density at radius 1 is 1.00 bits per heavy atom. The van der Waals surface area contributed by atoms with E-state index in [2.05, 4.69) is 35.3 Å². The molecular weight excluding hydrogens is 791 g/mol. The molecule has 2 aliphatic heterocycles. The molecule has 60 heavy (non-hydrogen) atoms. The smallest absolute Gasteiger partial charge is 0.303 e. The predicted octanol–water partition coefficient (Wildman–Crippen LogP) is 4.00. The molecule has 2 amide bonds. The number of nitrogens with zero attached hydrogens (tertiary/aromatic N) is 6. The van der Waals surface area contributed by atoms with Crippen LogP contribution in [-0.2, 0) is 37.1 Å². The first-order valence-corrected chi connectivity index (χ1v) is 21.9. The molecule has 2 aliphatic rings. The van der Waals surface area contributed by atoms with Crippen molar-refractivity contribution >= 4 is 50.2 Å². The Labute approximate surface area is 350 Å². The number of aryl methyl sites for hydroxylation is 2. The van der Waals surface area contributed by atoms with Gasteiger partial charge >= 0.3 is 5.97 Å². The first kappa shape index (κ1) is 44.4. The number of primary amides is 1. The molecule has 324 valence electrons. The lowest BCUT2D eigenvalue weighted by atomic mass is 10.00. The molecule has 5 N–H and O–H groups in total. The second-order valence-electron chi connectivity index (χ2n) is 16.4. The van der Waals surface area contributed by atoms with E-state index in [0.717, 1.165) is 74.5 Å². The molecule has 1 unspecified atom stereocenters. The van der Waals surface area contributed by atoms with Crippen molar-refractivity contribution < 1.29 is 37.4 Å². The van der Waals surface area contributed by atoms with Crippen molar-refractivity contribution in [2.24, 2.45) is 5.73 Å². The highest BCUT2D eigenvalue weighted by atomic mass is 32.2. The normalized spacial score (nSPS) is 15.7. The zero-order valence-electron chi connectivity index (χ0n) is 35.1. The number of sulfone groups is 1. The van der Waals surface area contributed by atoms with E-state index in [1.54, 1.807) is 39.0 Å². The van der Waals surface area contributed by atoms with Gasteiger partial charge in [0, 0.05) is 87.1 Å². The molecule has 0 spiro atoms. The second kappa shape index (κ2) is 19.0. The maximum absolute atomic E-state index is 13.8. The Balaban J connectivity index is 0.933. The van der Waals surface area contributed by atoms with Gasteiger partial charge in [0.25, 0.3) is 5.91 Å². The summed E-state index contributed by atoms with van der Waals surface area (Å²) in [4.78, 5) is 51.4. The number of amides is 2. The molecule has 4 heterocycles. The number of carboxylic acid groups (broad SMARTS) is 1. The highest BCUT2D eigenvalue weighted by Crippen LogP contribution is 2.37. The third-order valence-corrected chi connectivity index (χ3v) is 13.9. The highest BCUT2D eigenvalue weighted by molar-refractivity contribution is 7.92. The average Bonchev–Trinajstić information content (AvgIpc) is 3.71. The SMILES string of the molecule is Cc1[nH]nc(Nc2ncnc3cc(OCCCN4CCN(CCOCCCc5cccc6c5CN(C(CCC(=O)O)C(N)=O)C6=O)CC4)c(S(=O)(=O)C(C)(C)C)cc23)c1C. The summed E-state index contributed by atoms with van der Waals surface area (Å²) in [5, 5.41) is 20.1. The van der Waals surface area contributed by atoms with Crippen molar-refractivity contribution in [2.75, 3.05) is 64.4 Å². The molecular formula is C42H57N9O8S. The van der Waals surface area contributed by atoms with Crippen molar-refractivity contribution in [2.45, 2.75) is 89.0 Å². The lowest BCUT2D eigenvalue weighted by Gasteiger charge is -2.34. The van der Waals surface area contributed by atoms with Crippen molar-refractivity contribution in [3.05, 3.63) is 64.6 Å². The van der Waals surface area contributed by atoms with E-state index < -0.39 is 32.5 Å². The van der Waals surface area contributed by atoms with Gasteiger partial charge in [0.05, 0.1) is 23.5 Å². The number of aromatic amines is 1. The van der Waals surface area contributed by atoms with Crippen LogP contribution in [0.1, 0.15) is 79.2 Å². The summed E-state index contributed by atoms with van der Waals surface area (Å²) >= 11 is 0. The van der Waals surface area contributed by atoms with E-state index in [4.69, 9.17) is 20.3 Å². The number of nitrogens with two attached hydrogens (primary N) is 1. The third kappa shape index (κ3) is 10.2. The number of carbonyl (C=O) groups excluding carboxylic acids is 2. The van der Waals surface area contributed by atoms with Crippen LogP contribution < -0.4 is 15.8 Å². The second-order valence-corrected chi connectivity index (χ2v) is 19.1. The van der Waals surface area contributed by atoms with Crippen LogP contribution in [0.15, 0.2) is 41.6 Å². The summed E-state index contributed by atoms with van der Waals surface area (Å²) < 4.78 is 38.8. The molecule has 6 rings (SSSR count). The molecule has 0 saturated carbocycles. The van der Waals surface area contributed by atoms with Crippen molar-refractivity contribution in [3.63, 3.8) is 0 Å². The van der Waals surface area contributed by atoms with Crippen LogP contribution >= 0.6 is 0 Å².